The molecule has 1 fully saturated rings. The molecule has 2 N–H and O–H groups in total. The first-order chi connectivity index (χ1) is 14.5. The number of anilines is 1. The smallest absolute Gasteiger partial charge is 0.251 e. The summed E-state index contributed by atoms with van der Waals surface area (Å²) in [6.45, 7) is 0. The van der Waals surface area contributed by atoms with Crippen molar-refractivity contribution in [3.05, 3.63) is 70.2 Å². The number of amides is 2. The van der Waals surface area contributed by atoms with Gasteiger partial charge in [-0.15, -0.1) is 0 Å². The van der Waals surface area contributed by atoms with E-state index in [2.05, 4.69) is 15.6 Å². The molecule has 0 unspecified atom stereocenters. The molecule has 0 spiro atoms. The molecule has 1 aliphatic rings. The van der Waals surface area contributed by atoms with Gasteiger partial charge in [0.1, 0.15) is 0 Å². The minimum absolute atomic E-state index is 0.0872. The van der Waals surface area contributed by atoms with E-state index in [1.54, 1.807) is 48.7 Å². The Hall–Kier alpha value is -2.83. The first-order valence-electron chi connectivity index (χ1n) is 9.59. The van der Waals surface area contributed by atoms with Crippen LogP contribution in [0.1, 0.15) is 35.5 Å². The van der Waals surface area contributed by atoms with Gasteiger partial charge in [-0.05, 0) is 55.3 Å². The number of hydrogen-bond acceptors (Lipinski definition) is 4. The predicted octanol–water partition coefficient (Wildman–Crippen LogP) is 5.11. The molecule has 30 heavy (non-hydrogen) atoms. The van der Waals surface area contributed by atoms with Gasteiger partial charge in [-0.2, -0.15) is 0 Å². The van der Waals surface area contributed by atoms with Crippen molar-refractivity contribution in [2.75, 3.05) is 5.32 Å². The third-order valence-corrected chi connectivity index (χ3v) is 5.21. The maximum Gasteiger partial charge on any atom is 0.251 e. The number of halogens is 2. The van der Waals surface area contributed by atoms with E-state index in [1.807, 2.05) is 0 Å². The fourth-order valence-electron chi connectivity index (χ4n) is 2.88. The Kier molecular flexibility index (Phi) is 6.06. The van der Waals surface area contributed by atoms with Crippen LogP contribution in [0.5, 0.6) is 0 Å². The highest BCUT2D eigenvalue weighted by atomic mass is 35.5. The number of rotatable bonds is 7. The van der Waals surface area contributed by atoms with Gasteiger partial charge >= 0.3 is 0 Å². The first-order valence-corrected chi connectivity index (χ1v) is 10.3. The molecule has 6 nitrogen and oxygen atoms in total. The Bertz CT molecular complexity index is 1080. The van der Waals surface area contributed by atoms with E-state index in [1.165, 1.54) is 0 Å². The highest BCUT2D eigenvalue weighted by Gasteiger charge is 2.23. The zero-order chi connectivity index (χ0) is 21.1. The summed E-state index contributed by atoms with van der Waals surface area (Å²) in [6.07, 6.45) is 4.21. The highest BCUT2D eigenvalue weighted by Crippen LogP contribution is 2.30. The molecule has 154 valence electrons. The number of oxazole rings is 1. The van der Waals surface area contributed by atoms with E-state index in [0.717, 1.165) is 12.8 Å². The van der Waals surface area contributed by atoms with Gasteiger partial charge in [0.05, 0.1) is 11.2 Å². The summed E-state index contributed by atoms with van der Waals surface area (Å²) < 4.78 is 5.71. The quantitative estimate of drug-likeness (QED) is 0.530. The van der Waals surface area contributed by atoms with Gasteiger partial charge in [-0.25, -0.2) is 4.98 Å². The number of benzene rings is 2. The Morgan fingerprint density at radius 3 is 2.57 bits per heavy atom. The van der Waals surface area contributed by atoms with Gasteiger partial charge in [0.15, 0.2) is 11.7 Å². The zero-order valence-corrected chi connectivity index (χ0v) is 17.5. The minimum atomic E-state index is -0.172. The van der Waals surface area contributed by atoms with E-state index in [4.69, 9.17) is 27.6 Å². The van der Waals surface area contributed by atoms with Crippen LogP contribution in [0.2, 0.25) is 10.0 Å². The molecule has 2 amide bonds. The largest absolute Gasteiger partial charge is 0.441 e. The third-order valence-electron chi connectivity index (χ3n) is 4.66. The van der Waals surface area contributed by atoms with Crippen molar-refractivity contribution in [2.45, 2.75) is 31.7 Å². The molecule has 0 bridgehead atoms. The van der Waals surface area contributed by atoms with Gasteiger partial charge in [-0.1, -0.05) is 23.2 Å². The van der Waals surface area contributed by atoms with Crippen molar-refractivity contribution in [1.29, 1.82) is 0 Å². The number of hydrogen-bond donors (Lipinski definition) is 2. The molecule has 1 aliphatic carbocycles. The second-order valence-electron chi connectivity index (χ2n) is 7.12. The van der Waals surface area contributed by atoms with E-state index in [-0.39, 0.29) is 18.2 Å². The molecule has 0 radical (unpaired) electrons. The van der Waals surface area contributed by atoms with Crippen LogP contribution in [0.15, 0.2) is 53.1 Å². The lowest BCUT2D eigenvalue weighted by Gasteiger charge is -2.06. The third kappa shape index (κ3) is 5.20. The topological polar surface area (TPSA) is 84.2 Å². The maximum absolute atomic E-state index is 12.2. The van der Waals surface area contributed by atoms with Crippen LogP contribution in [0, 0.1) is 0 Å². The fraction of sp³-hybridized carbons (Fsp3) is 0.227. The van der Waals surface area contributed by atoms with Crippen molar-refractivity contribution in [1.82, 2.24) is 10.3 Å². The van der Waals surface area contributed by atoms with Crippen LogP contribution in [-0.4, -0.2) is 22.8 Å². The molecular weight excluding hydrogens is 425 g/mol. The van der Waals surface area contributed by atoms with Crippen molar-refractivity contribution < 1.29 is 14.0 Å². The molecule has 8 heteroatoms. The van der Waals surface area contributed by atoms with E-state index in [0.29, 0.717) is 51.0 Å². The predicted molar refractivity (Wildman–Crippen MR) is 116 cm³/mol. The van der Waals surface area contributed by atoms with Crippen molar-refractivity contribution in [3.8, 4) is 11.3 Å². The summed E-state index contributed by atoms with van der Waals surface area (Å²) >= 11 is 12.1. The highest BCUT2D eigenvalue weighted by molar-refractivity contribution is 6.36. The lowest BCUT2D eigenvalue weighted by molar-refractivity contribution is -0.116. The van der Waals surface area contributed by atoms with Crippen LogP contribution < -0.4 is 10.6 Å². The standard InChI is InChI=1S/C22H19Cl2N3O3/c23-14-3-8-17(18(24)11-14)19-12-25-21(30-19)10-9-20(28)26-15-4-1-13(2-5-15)22(29)27-16-6-7-16/h1-5,8,11-12,16H,6-7,9-10H2,(H,26,28)(H,27,29). The fourth-order valence-corrected chi connectivity index (χ4v) is 3.39. The van der Waals surface area contributed by atoms with Gasteiger partial charge in [0.25, 0.3) is 5.91 Å². The Labute approximate surface area is 183 Å². The number of carbonyl (C=O) groups excluding carboxylic acids is 2. The molecular formula is C22H19Cl2N3O3. The summed E-state index contributed by atoms with van der Waals surface area (Å²) in [4.78, 5) is 28.4. The summed E-state index contributed by atoms with van der Waals surface area (Å²) in [5.74, 6) is 0.704. The molecule has 4 rings (SSSR count). The lowest BCUT2D eigenvalue weighted by Crippen LogP contribution is -2.25. The van der Waals surface area contributed by atoms with E-state index in [9.17, 15) is 9.59 Å². The summed E-state index contributed by atoms with van der Waals surface area (Å²) in [7, 11) is 0. The molecule has 0 atom stereocenters. The van der Waals surface area contributed by atoms with E-state index >= 15 is 0 Å². The summed E-state index contributed by atoms with van der Waals surface area (Å²) in [6, 6.07) is 12.2. The van der Waals surface area contributed by atoms with Crippen LogP contribution in [0.25, 0.3) is 11.3 Å². The SMILES string of the molecule is O=C(CCc1ncc(-c2ccc(Cl)cc2Cl)o1)Nc1ccc(C(=O)NC2CC2)cc1. The normalized spacial score (nSPS) is 13.1. The Balaban J connectivity index is 1.29. The number of nitrogens with zero attached hydrogens (tertiary/aromatic N) is 1. The zero-order valence-electron chi connectivity index (χ0n) is 16.0. The summed E-state index contributed by atoms with van der Waals surface area (Å²) in [5, 5.41) is 6.75. The van der Waals surface area contributed by atoms with E-state index < -0.39 is 0 Å². The molecule has 1 saturated carbocycles. The maximum atomic E-state index is 12.2. The summed E-state index contributed by atoms with van der Waals surface area (Å²) in [5.41, 5.74) is 1.90. The molecule has 0 aliphatic heterocycles. The molecule has 2 aromatic carbocycles. The van der Waals surface area contributed by atoms with Crippen molar-refractivity contribution >= 4 is 40.7 Å². The number of carbonyl (C=O) groups is 2. The average molecular weight is 444 g/mol. The minimum Gasteiger partial charge on any atom is -0.441 e. The number of aryl methyl sites for hydroxylation is 1. The molecule has 1 heterocycles. The van der Waals surface area contributed by atoms with Gasteiger partial charge in [0, 0.05) is 40.7 Å². The van der Waals surface area contributed by atoms with Crippen LogP contribution in [-0.2, 0) is 11.2 Å². The van der Waals surface area contributed by atoms with Crippen molar-refractivity contribution in [3.63, 3.8) is 0 Å². The Morgan fingerprint density at radius 2 is 1.87 bits per heavy atom. The van der Waals surface area contributed by atoms with Crippen LogP contribution >= 0.6 is 23.2 Å². The second-order valence-corrected chi connectivity index (χ2v) is 7.96. The molecule has 1 aromatic heterocycles. The average Bonchev–Trinajstić information content (AvgIpc) is 3.41. The second kappa shape index (κ2) is 8.90. The monoisotopic (exact) mass is 443 g/mol. The number of aromatic nitrogens is 1. The lowest BCUT2D eigenvalue weighted by atomic mass is 10.2. The number of nitrogens with one attached hydrogen (secondary N) is 2. The Morgan fingerprint density at radius 1 is 1.10 bits per heavy atom. The molecule has 0 saturated heterocycles. The first kappa shape index (κ1) is 20.4. The molecule has 3 aromatic rings. The van der Waals surface area contributed by atoms with Gasteiger partial charge in [-0.3, -0.25) is 9.59 Å². The van der Waals surface area contributed by atoms with Gasteiger partial charge < -0.3 is 15.1 Å². The van der Waals surface area contributed by atoms with Crippen LogP contribution in [0.4, 0.5) is 5.69 Å². The van der Waals surface area contributed by atoms with Crippen LogP contribution in [0.3, 0.4) is 0 Å². The van der Waals surface area contributed by atoms with Crippen molar-refractivity contribution in [2.24, 2.45) is 0 Å². The van der Waals surface area contributed by atoms with Gasteiger partial charge in [0.2, 0.25) is 5.91 Å².